The topological polar surface area (TPSA) is 45.7 Å². The number of hydrogen-bond donors (Lipinski definition) is 0. The molecule has 2 aliphatic heterocycles. The van der Waals surface area contributed by atoms with Crippen LogP contribution in [0.25, 0.3) is 0 Å². The zero-order valence-electron chi connectivity index (χ0n) is 13.3. The molecule has 0 spiro atoms. The number of ether oxygens (including phenoxy) is 1. The molecule has 0 bridgehead atoms. The van der Waals surface area contributed by atoms with Crippen LogP contribution in [0.5, 0.6) is 0 Å². The molecule has 1 aromatic heterocycles. The first-order valence-corrected chi connectivity index (χ1v) is 8.29. The van der Waals surface area contributed by atoms with E-state index in [0.29, 0.717) is 11.7 Å². The molecule has 2 fully saturated rings. The molecule has 0 unspecified atom stereocenters. The highest BCUT2D eigenvalue weighted by Gasteiger charge is 2.29. The van der Waals surface area contributed by atoms with E-state index in [-0.39, 0.29) is 5.91 Å². The number of aryl methyl sites for hydroxylation is 1. The predicted molar refractivity (Wildman–Crippen MR) is 84.9 cm³/mol. The summed E-state index contributed by atoms with van der Waals surface area (Å²) in [5.74, 6) is 0.0849. The summed E-state index contributed by atoms with van der Waals surface area (Å²) in [7, 11) is 0. The molecule has 120 valence electrons. The standard InChI is InChI=1S/C17H25N3O2/c1-14-5-4-7-16(18-14)17(21)20-8-3-2-6-15(20)13-19-9-11-22-12-10-19/h4-5,7,15H,2-3,6,8-13H2,1H3/t15-/m1/s1. The van der Waals surface area contributed by atoms with Crippen molar-refractivity contribution >= 4 is 5.91 Å². The van der Waals surface area contributed by atoms with Gasteiger partial charge in [0.1, 0.15) is 5.69 Å². The average molecular weight is 303 g/mol. The van der Waals surface area contributed by atoms with Crippen molar-refractivity contribution in [2.75, 3.05) is 39.4 Å². The average Bonchev–Trinajstić information content (AvgIpc) is 2.56. The fourth-order valence-electron chi connectivity index (χ4n) is 3.35. The van der Waals surface area contributed by atoms with Gasteiger partial charge < -0.3 is 9.64 Å². The van der Waals surface area contributed by atoms with Crippen molar-refractivity contribution in [2.45, 2.75) is 32.2 Å². The lowest BCUT2D eigenvalue weighted by atomic mass is 10.0. The zero-order chi connectivity index (χ0) is 15.4. The molecule has 0 radical (unpaired) electrons. The summed E-state index contributed by atoms with van der Waals surface area (Å²) in [6.45, 7) is 7.30. The second-order valence-corrected chi connectivity index (χ2v) is 6.23. The van der Waals surface area contributed by atoms with Crippen molar-refractivity contribution < 1.29 is 9.53 Å². The Kier molecular flexibility index (Phi) is 5.05. The summed E-state index contributed by atoms with van der Waals surface area (Å²) < 4.78 is 5.41. The Morgan fingerprint density at radius 1 is 1.27 bits per heavy atom. The maximum absolute atomic E-state index is 12.8. The van der Waals surface area contributed by atoms with E-state index < -0.39 is 0 Å². The largest absolute Gasteiger partial charge is 0.379 e. The molecule has 0 aromatic carbocycles. The Morgan fingerprint density at radius 2 is 2.09 bits per heavy atom. The van der Waals surface area contributed by atoms with Crippen LogP contribution in [0.4, 0.5) is 0 Å². The molecule has 1 aromatic rings. The number of carbonyl (C=O) groups excluding carboxylic acids is 1. The number of rotatable bonds is 3. The molecule has 22 heavy (non-hydrogen) atoms. The van der Waals surface area contributed by atoms with Crippen LogP contribution in [0.1, 0.15) is 35.4 Å². The van der Waals surface area contributed by atoms with E-state index in [1.807, 2.05) is 30.0 Å². The molecule has 0 aliphatic carbocycles. The SMILES string of the molecule is Cc1cccc(C(=O)N2CCCC[C@@H]2CN2CCOCC2)n1. The fraction of sp³-hybridized carbons (Fsp3) is 0.647. The lowest BCUT2D eigenvalue weighted by Gasteiger charge is -2.39. The maximum atomic E-state index is 12.8. The van der Waals surface area contributed by atoms with Crippen LogP contribution in [0.15, 0.2) is 18.2 Å². The van der Waals surface area contributed by atoms with Gasteiger partial charge in [0.2, 0.25) is 0 Å². The van der Waals surface area contributed by atoms with Crippen LogP contribution in [-0.2, 0) is 4.74 Å². The molecular formula is C17H25N3O2. The van der Waals surface area contributed by atoms with E-state index in [0.717, 1.165) is 57.9 Å². The molecule has 5 nitrogen and oxygen atoms in total. The minimum atomic E-state index is 0.0849. The molecule has 5 heteroatoms. The van der Waals surface area contributed by atoms with Crippen molar-refractivity contribution in [3.63, 3.8) is 0 Å². The normalized spacial score (nSPS) is 23.5. The summed E-state index contributed by atoms with van der Waals surface area (Å²) in [5, 5.41) is 0. The Labute approximate surface area is 132 Å². The van der Waals surface area contributed by atoms with E-state index in [4.69, 9.17) is 4.74 Å². The van der Waals surface area contributed by atoms with E-state index in [2.05, 4.69) is 9.88 Å². The van der Waals surface area contributed by atoms with Crippen LogP contribution >= 0.6 is 0 Å². The number of hydrogen-bond acceptors (Lipinski definition) is 4. The zero-order valence-corrected chi connectivity index (χ0v) is 13.3. The Hall–Kier alpha value is -1.46. The summed E-state index contributed by atoms with van der Waals surface area (Å²) in [5.41, 5.74) is 1.47. The van der Waals surface area contributed by atoms with E-state index >= 15 is 0 Å². The van der Waals surface area contributed by atoms with E-state index in [9.17, 15) is 4.79 Å². The van der Waals surface area contributed by atoms with E-state index in [1.54, 1.807) is 0 Å². The van der Waals surface area contributed by atoms with Crippen molar-refractivity contribution in [3.05, 3.63) is 29.6 Å². The van der Waals surface area contributed by atoms with Crippen molar-refractivity contribution in [1.29, 1.82) is 0 Å². The lowest BCUT2D eigenvalue weighted by Crippen LogP contribution is -2.51. The Morgan fingerprint density at radius 3 is 2.86 bits per heavy atom. The van der Waals surface area contributed by atoms with Gasteiger partial charge in [-0.1, -0.05) is 6.07 Å². The minimum Gasteiger partial charge on any atom is -0.379 e. The van der Waals surface area contributed by atoms with Gasteiger partial charge in [0.05, 0.1) is 13.2 Å². The molecule has 2 aliphatic rings. The van der Waals surface area contributed by atoms with Crippen LogP contribution in [0, 0.1) is 6.92 Å². The molecule has 3 rings (SSSR count). The predicted octanol–water partition coefficient (Wildman–Crippen LogP) is 1.72. The lowest BCUT2D eigenvalue weighted by molar-refractivity contribution is 0.0164. The second-order valence-electron chi connectivity index (χ2n) is 6.23. The van der Waals surface area contributed by atoms with E-state index in [1.165, 1.54) is 6.42 Å². The minimum absolute atomic E-state index is 0.0849. The van der Waals surface area contributed by atoms with Crippen LogP contribution in [0.2, 0.25) is 0 Å². The molecule has 1 amide bonds. The van der Waals surface area contributed by atoms with Crippen molar-refractivity contribution in [3.8, 4) is 0 Å². The monoisotopic (exact) mass is 303 g/mol. The number of morpholine rings is 1. The molecule has 2 saturated heterocycles. The smallest absolute Gasteiger partial charge is 0.272 e. The number of likely N-dealkylation sites (tertiary alicyclic amines) is 1. The first kappa shape index (κ1) is 15.4. The quantitative estimate of drug-likeness (QED) is 0.853. The summed E-state index contributed by atoms with van der Waals surface area (Å²) in [6.07, 6.45) is 3.39. The highest BCUT2D eigenvalue weighted by atomic mass is 16.5. The number of piperidine rings is 1. The summed E-state index contributed by atoms with van der Waals surface area (Å²) in [4.78, 5) is 21.7. The summed E-state index contributed by atoms with van der Waals surface area (Å²) >= 11 is 0. The third-order valence-corrected chi connectivity index (χ3v) is 4.57. The number of nitrogens with zero attached hydrogens (tertiary/aromatic N) is 3. The third kappa shape index (κ3) is 3.65. The number of carbonyl (C=O) groups is 1. The molecule has 1 atom stereocenters. The van der Waals surface area contributed by atoms with Crippen molar-refractivity contribution in [2.24, 2.45) is 0 Å². The van der Waals surface area contributed by atoms with Crippen molar-refractivity contribution in [1.82, 2.24) is 14.8 Å². The van der Waals surface area contributed by atoms with Gasteiger partial charge in [-0.2, -0.15) is 0 Å². The van der Waals surface area contributed by atoms with Gasteiger partial charge in [0, 0.05) is 37.9 Å². The molecule has 3 heterocycles. The van der Waals surface area contributed by atoms with Gasteiger partial charge in [0.15, 0.2) is 0 Å². The highest BCUT2D eigenvalue weighted by Crippen LogP contribution is 2.20. The molecule has 0 saturated carbocycles. The maximum Gasteiger partial charge on any atom is 0.272 e. The van der Waals surface area contributed by atoms with Crippen LogP contribution < -0.4 is 0 Å². The van der Waals surface area contributed by atoms with Gasteiger partial charge in [0.25, 0.3) is 5.91 Å². The van der Waals surface area contributed by atoms with Gasteiger partial charge >= 0.3 is 0 Å². The van der Waals surface area contributed by atoms with Gasteiger partial charge in [-0.3, -0.25) is 9.69 Å². The third-order valence-electron chi connectivity index (χ3n) is 4.57. The first-order chi connectivity index (χ1) is 10.7. The summed E-state index contributed by atoms with van der Waals surface area (Å²) in [6, 6.07) is 5.98. The number of aromatic nitrogens is 1. The number of pyridine rings is 1. The first-order valence-electron chi connectivity index (χ1n) is 8.29. The Bertz CT molecular complexity index is 514. The van der Waals surface area contributed by atoms with Gasteiger partial charge in [-0.05, 0) is 38.3 Å². The van der Waals surface area contributed by atoms with Gasteiger partial charge in [-0.15, -0.1) is 0 Å². The second kappa shape index (κ2) is 7.20. The highest BCUT2D eigenvalue weighted by molar-refractivity contribution is 5.92. The Balaban J connectivity index is 1.70. The van der Waals surface area contributed by atoms with Crippen LogP contribution in [0.3, 0.4) is 0 Å². The van der Waals surface area contributed by atoms with Gasteiger partial charge in [-0.25, -0.2) is 4.98 Å². The molecule has 0 N–H and O–H groups in total. The van der Waals surface area contributed by atoms with Crippen LogP contribution in [-0.4, -0.2) is 66.1 Å². The number of amides is 1. The molecular weight excluding hydrogens is 278 g/mol. The fourth-order valence-corrected chi connectivity index (χ4v) is 3.35.